The van der Waals surface area contributed by atoms with Gasteiger partial charge in [-0.25, -0.2) is 4.79 Å². The highest BCUT2D eigenvalue weighted by molar-refractivity contribution is 8.00. The Kier molecular flexibility index (Phi) is 8.59. The van der Waals surface area contributed by atoms with E-state index < -0.39 is 17.2 Å². The van der Waals surface area contributed by atoms with E-state index >= 15 is 0 Å². The monoisotopic (exact) mass is 440 g/mol. The van der Waals surface area contributed by atoms with Crippen LogP contribution in [0.25, 0.3) is 0 Å². The number of thioether (sulfide) groups is 1. The third-order valence-electron chi connectivity index (χ3n) is 5.89. The van der Waals surface area contributed by atoms with Gasteiger partial charge in [-0.1, -0.05) is 75.7 Å². The largest absolute Gasteiger partial charge is 0.460 e. The molecule has 5 heteroatoms. The molecule has 2 aromatic carbocycles. The predicted octanol–water partition coefficient (Wildman–Crippen LogP) is 6.07. The molecule has 0 unspecified atom stereocenters. The Morgan fingerprint density at radius 3 is 2.29 bits per heavy atom. The van der Waals surface area contributed by atoms with Crippen LogP contribution in [0.1, 0.15) is 50.8 Å². The van der Waals surface area contributed by atoms with Gasteiger partial charge < -0.3 is 9.47 Å². The average molecular weight is 441 g/mol. The maximum atomic E-state index is 12.9. The maximum Gasteiger partial charge on any atom is 0.344 e. The van der Waals surface area contributed by atoms with Crippen molar-refractivity contribution in [3.05, 3.63) is 66.2 Å². The van der Waals surface area contributed by atoms with Crippen molar-refractivity contribution in [3.63, 3.8) is 0 Å². The van der Waals surface area contributed by atoms with E-state index in [1.807, 2.05) is 60.7 Å². The molecule has 0 radical (unpaired) electrons. The SMILES string of the molecule is CC(C)[C@H]1CC[C@@H](C)C[C@@H]1OC(=O)COC(=O)[C@H](Sc1ccccc1)c1ccccc1. The molecule has 0 heterocycles. The zero-order valence-corrected chi connectivity index (χ0v) is 19.3. The molecule has 1 aliphatic rings. The van der Waals surface area contributed by atoms with Crippen molar-refractivity contribution in [2.75, 3.05) is 6.61 Å². The van der Waals surface area contributed by atoms with Gasteiger partial charge in [-0.15, -0.1) is 11.8 Å². The molecule has 4 atom stereocenters. The standard InChI is InChI=1S/C26H32O4S/c1-18(2)22-15-14-19(3)16-23(22)30-24(27)17-29-26(28)25(20-10-6-4-7-11-20)31-21-12-8-5-9-13-21/h4-13,18-19,22-23,25H,14-17H2,1-3H3/t19-,22-,23+,25-/m1/s1. The average Bonchev–Trinajstić information content (AvgIpc) is 2.77. The van der Waals surface area contributed by atoms with Crippen molar-refractivity contribution in [1.82, 2.24) is 0 Å². The van der Waals surface area contributed by atoms with Crippen LogP contribution in [0.5, 0.6) is 0 Å². The summed E-state index contributed by atoms with van der Waals surface area (Å²) in [5, 5.41) is -0.547. The summed E-state index contributed by atoms with van der Waals surface area (Å²) in [5.41, 5.74) is 0.843. The van der Waals surface area contributed by atoms with E-state index in [-0.39, 0.29) is 12.7 Å². The van der Waals surface area contributed by atoms with Crippen LogP contribution in [-0.4, -0.2) is 24.6 Å². The Morgan fingerprint density at radius 1 is 1.00 bits per heavy atom. The van der Waals surface area contributed by atoms with E-state index in [2.05, 4.69) is 20.8 Å². The minimum atomic E-state index is -0.547. The van der Waals surface area contributed by atoms with Gasteiger partial charge in [0, 0.05) is 4.90 Å². The summed E-state index contributed by atoms with van der Waals surface area (Å²) in [7, 11) is 0. The Hall–Kier alpha value is -2.27. The Bertz CT molecular complexity index is 837. The lowest BCUT2D eigenvalue weighted by atomic mass is 9.75. The van der Waals surface area contributed by atoms with Crippen LogP contribution in [-0.2, 0) is 19.1 Å². The highest BCUT2D eigenvalue weighted by atomic mass is 32.2. The van der Waals surface area contributed by atoms with Crippen LogP contribution in [0.15, 0.2) is 65.6 Å². The molecular formula is C26H32O4S. The molecule has 1 aliphatic carbocycles. The van der Waals surface area contributed by atoms with Gasteiger partial charge in [0.2, 0.25) is 0 Å². The van der Waals surface area contributed by atoms with Crippen LogP contribution < -0.4 is 0 Å². The first-order valence-corrected chi connectivity index (χ1v) is 11.9. The van der Waals surface area contributed by atoms with Crippen LogP contribution in [0.2, 0.25) is 0 Å². The Balaban J connectivity index is 1.61. The number of esters is 2. The van der Waals surface area contributed by atoms with E-state index in [4.69, 9.17) is 9.47 Å². The van der Waals surface area contributed by atoms with Gasteiger partial charge in [0.05, 0.1) is 0 Å². The molecule has 2 aromatic rings. The molecule has 31 heavy (non-hydrogen) atoms. The quantitative estimate of drug-likeness (QED) is 0.368. The van der Waals surface area contributed by atoms with Gasteiger partial charge in [-0.05, 0) is 48.3 Å². The molecule has 0 spiro atoms. The molecule has 0 aliphatic heterocycles. The molecule has 0 amide bonds. The number of ether oxygens (including phenoxy) is 2. The Labute approximate surface area is 189 Å². The molecule has 3 rings (SSSR count). The van der Waals surface area contributed by atoms with Crippen molar-refractivity contribution >= 4 is 23.7 Å². The fourth-order valence-electron chi connectivity index (χ4n) is 4.17. The lowest BCUT2D eigenvalue weighted by Gasteiger charge is -2.36. The summed E-state index contributed by atoms with van der Waals surface area (Å²) in [6, 6.07) is 19.2. The lowest BCUT2D eigenvalue weighted by molar-refractivity contribution is -0.167. The smallest absolute Gasteiger partial charge is 0.344 e. The van der Waals surface area contributed by atoms with Gasteiger partial charge in [-0.3, -0.25) is 4.79 Å². The molecule has 0 bridgehead atoms. The topological polar surface area (TPSA) is 52.6 Å². The van der Waals surface area contributed by atoms with Gasteiger partial charge in [-0.2, -0.15) is 0 Å². The third kappa shape index (κ3) is 6.86. The number of carbonyl (C=O) groups is 2. The van der Waals surface area contributed by atoms with E-state index in [0.717, 1.165) is 23.3 Å². The third-order valence-corrected chi connectivity index (χ3v) is 7.13. The maximum absolute atomic E-state index is 12.9. The molecule has 0 aromatic heterocycles. The Morgan fingerprint density at radius 2 is 1.65 bits per heavy atom. The number of hydrogen-bond donors (Lipinski definition) is 0. The number of rotatable bonds is 8. The predicted molar refractivity (Wildman–Crippen MR) is 124 cm³/mol. The van der Waals surface area contributed by atoms with Crippen LogP contribution >= 0.6 is 11.8 Å². The summed E-state index contributed by atoms with van der Waals surface area (Å²) in [6.45, 7) is 6.19. The zero-order valence-electron chi connectivity index (χ0n) is 18.5. The molecule has 4 nitrogen and oxygen atoms in total. The van der Waals surface area contributed by atoms with Crippen molar-refractivity contribution in [2.24, 2.45) is 17.8 Å². The number of hydrogen-bond acceptors (Lipinski definition) is 5. The van der Waals surface area contributed by atoms with E-state index in [0.29, 0.717) is 17.8 Å². The molecular weight excluding hydrogens is 408 g/mol. The first kappa shape index (κ1) is 23.4. The van der Waals surface area contributed by atoms with Crippen molar-refractivity contribution in [2.45, 2.75) is 56.3 Å². The van der Waals surface area contributed by atoms with Crippen molar-refractivity contribution in [1.29, 1.82) is 0 Å². The van der Waals surface area contributed by atoms with Crippen LogP contribution in [0, 0.1) is 17.8 Å². The summed E-state index contributed by atoms with van der Waals surface area (Å²) in [5.74, 6) is 0.461. The minimum absolute atomic E-state index is 0.0985. The molecule has 166 valence electrons. The second kappa shape index (κ2) is 11.4. The highest BCUT2D eigenvalue weighted by Gasteiger charge is 2.34. The minimum Gasteiger partial charge on any atom is -0.460 e. The van der Waals surface area contributed by atoms with Crippen LogP contribution in [0.4, 0.5) is 0 Å². The molecule has 1 fully saturated rings. The number of carbonyl (C=O) groups excluding carboxylic acids is 2. The molecule has 1 saturated carbocycles. The second-order valence-corrected chi connectivity index (χ2v) is 9.86. The van der Waals surface area contributed by atoms with Crippen molar-refractivity contribution in [3.8, 4) is 0 Å². The zero-order chi connectivity index (χ0) is 22.2. The van der Waals surface area contributed by atoms with E-state index in [9.17, 15) is 9.59 Å². The van der Waals surface area contributed by atoms with Gasteiger partial charge in [0.25, 0.3) is 0 Å². The fourth-order valence-corrected chi connectivity index (χ4v) is 5.22. The summed E-state index contributed by atoms with van der Waals surface area (Å²) < 4.78 is 11.2. The van der Waals surface area contributed by atoms with Crippen LogP contribution in [0.3, 0.4) is 0 Å². The van der Waals surface area contributed by atoms with Gasteiger partial charge >= 0.3 is 11.9 Å². The fraction of sp³-hybridized carbons (Fsp3) is 0.462. The number of benzene rings is 2. The van der Waals surface area contributed by atoms with Gasteiger partial charge in [0.15, 0.2) is 6.61 Å². The summed E-state index contributed by atoms with van der Waals surface area (Å²) in [6.07, 6.45) is 3.01. The summed E-state index contributed by atoms with van der Waals surface area (Å²) in [4.78, 5) is 26.4. The second-order valence-electron chi connectivity index (χ2n) is 8.68. The van der Waals surface area contributed by atoms with E-state index in [1.165, 1.54) is 18.2 Å². The molecule has 0 N–H and O–H groups in total. The molecule has 0 saturated heterocycles. The normalized spacial score (nSPS) is 22.0. The first-order chi connectivity index (χ1) is 14.9. The first-order valence-electron chi connectivity index (χ1n) is 11.1. The van der Waals surface area contributed by atoms with E-state index in [1.54, 1.807) is 0 Å². The van der Waals surface area contributed by atoms with Crippen molar-refractivity contribution < 1.29 is 19.1 Å². The van der Waals surface area contributed by atoms with Gasteiger partial charge in [0.1, 0.15) is 11.4 Å². The summed E-state index contributed by atoms with van der Waals surface area (Å²) >= 11 is 1.42. The lowest BCUT2D eigenvalue weighted by Crippen LogP contribution is -2.37. The highest BCUT2D eigenvalue weighted by Crippen LogP contribution is 2.37.